The summed E-state index contributed by atoms with van der Waals surface area (Å²) in [6.45, 7) is 0.641. The summed E-state index contributed by atoms with van der Waals surface area (Å²) in [4.78, 5) is 3.10. The number of fused-ring (bicyclic) bond motifs is 1. The maximum Gasteiger partial charge on any atom is 0.178 e. The molecular weight excluding hydrogens is 264 g/mol. The Labute approximate surface area is 106 Å². The number of rotatable bonds is 3. The highest BCUT2D eigenvalue weighted by Crippen LogP contribution is 2.19. The summed E-state index contributed by atoms with van der Waals surface area (Å²) in [6.07, 6.45) is 1.69. The van der Waals surface area contributed by atoms with E-state index in [-0.39, 0.29) is 0 Å². The van der Waals surface area contributed by atoms with Gasteiger partial charge >= 0.3 is 0 Å². The molecule has 0 aliphatic heterocycles. The second kappa shape index (κ2) is 4.69. The monoisotopic (exact) mass is 274 g/mol. The van der Waals surface area contributed by atoms with Crippen molar-refractivity contribution in [2.75, 3.05) is 12.0 Å². The van der Waals surface area contributed by atoms with Crippen molar-refractivity contribution in [1.29, 1.82) is 0 Å². The van der Waals surface area contributed by atoms with Crippen LogP contribution in [0.25, 0.3) is 11.0 Å². The first kappa shape index (κ1) is 11.8. The molecule has 2 aromatic rings. The van der Waals surface area contributed by atoms with Gasteiger partial charge in [-0.1, -0.05) is 11.6 Å². The first-order chi connectivity index (χ1) is 7.58. The van der Waals surface area contributed by atoms with Crippen LogP contribution < -0.4 is 0 Å². The molecule has 1 atom stereocenters. The number of aromatic amines is 1. The lowest BCUT2D eigenvalue weighted by molar-refractivity contribution is 0.678. The topological polar surface area (TPSA) is 37.8 Å². The van der Waals surface area contributed by atoms with Crippen LogP contribution in [0.4, 0.5) is 0 Å². The molecular formula is C10H11ClN2OS2. The van der Waals surface area contributed by atoms with Gasteiger partial charge in [0.15, 0.2) is 4.77 Å². The van der Waals surface area contributed by atoms with Crippen LogP contribution in [0.2, 0.25) is 5.02 Å². The van der Waals surface area contributed by atoms with Gasteiger partial charge in [0, 0.05) is 34.4 Å². The number of aryl methyl sites for hydroxylation is 1. The molecule has 0 spiro atoms. The van der Waals surface area contributed by atoms with E-state index >= 15 is 0 Å². The molecule has 86 valence electrons. The van der Waals surface area contributed by atoms with E-state index in [1.807, 2.05) is 22.8 Å². The Morgan fingerprint density at radius 3 is 3.00 bits per heavy atom. The van der Waals surface area contributed by atoms with Gasteiger partial charge in [-0.05, 0) is 30.4 Å². The van der Waals surface area contributed by atoms with E-state index < -0.39 is 10.8 Å². The van der Waals surface area contributed by atoms with Gasteiger partial charge in [-0.15, -0.1) is 0 Å². The standard InChI is InChI=1S/C10H11ClN2OS2/c1-16(14)5-4-13-9-6-7(11)2-3-8(9)12-10(13)15/h2-3,6H,4-5H2,1H3,(H,12,15). The zero-order valence-corrected chi connectivity index (χ0v) is 11.1. The fraction of sp³-hybridized carbons (Fsp3) is 0.300. The number of nitrogens with zero attached hydrogens (tertiary/aromatic N) is 1. The summed E-state index contributed by atoms with van der Waals surface area (Å²) in [6, 6.07) is 5.58. The van der Waals surface area contributed by atoms with Crippen LogP contribution in [0.5, 0.6) is 0 Å². The van der Waals surface area contributed by atoms with Crippen LogP contribution in [0.15, 0.2) is 18.2 Å². The van der Waals surface area contributed by atoms with Gasteiger partial charge in [0.1, 0.15) is 0 Å². The normalized spacial score (nSPS) is 13.1. The van der Waals surface area contributed by atoms with Crippen LogP contribution in [0, 0.1) is 4.77 Å². The molecule has 1 N–H and O–H groups in total. The minimum Gasteiger partial charge on any atom is -0.331 e. The summed E-state index contributed by atoms with van der Waals surface area (Å²) in [5.74, 6) is 0.591. The number of imidazole rings is 1. The molecule has 0 aliphatic rings. The lowest BCUT2D eigenvalue weighted by Crippen LogP contribution is -2.06. The molecule has 3 nitrogen and oxygen atoms in total. The van der Waals surface area contributed by atoms with E-state index in [0.29, 0.717) is 22.1 Å². The van der Waals surface area contributed by atoms with E-state index in [0.717, 1.165) is 11.0 Å². The molecule has 6 heteroatoms. The molecule has 0 fully saturated rings. The quantitative estimate of drug-likeness (QED) is 0.874. The predicted octanol–water partition coefficient (Wildman–Crippen LogP) is 2.73. The molecule has 16 heavy (non-hydrogen) atoms. The number of hydrogen-bond donors (Lipinski definition) is 1. The lowest BCUT2D eigenvalue weighted by Gasteiger charge is -2.02. The van der Waals surface area contributed by atoms with Gasteiger partial charge in [0.05, 0.1) is 11.0 Å². The summed E-state index contributed by atoms with van der Waals surface area (Å²) in [5.41, 5.74) is 1.92. The number of H-pyrrole nitrogens is 1. The molecule has 1 heterocycles. The fourth-order valence-corrected chi connectivity index (χ4v) is 2.47. The summed E-state index contributed by atoms with van der Waals surface area (Å²) < 4.78 is 13.7. The van der Waals surface area contributed by atoms with Gasteiger partial charge in [-0.3, -0.25) is 4.21 Å². The lowest BCUT2D eigenvalue weighted by atomic mass is 10.3. The van der Waals surface area contributed by atoms with E-state index in [2.05, 4.69) is 4.98 Å². The maximum absolute atomic E-state index is 11.1. The van der Waals surface area contributed by atoms with Gasteiger partial charge in [-0.25, -0.2) is 0 Å². The van der Waals surface area contributed by atoms with Crippen molar-refractivity contribution in [2.45, 2.75) is 6.54 Å². The number of benzene rings is 1. The Morgan fingerprint density at radius 2 is 2.31 bits per heavy atom. The molecule has 0 aliphatic carbocycles. The summed E-state index contributed by atoms with van der Waals surface area (Å²) >= 11 is 11.2. The van der Waals surface area contributed by atoms with Crippen LogP contribution in [-0.4, -0.2) is 25.8 Å². The van der Waals surface area contributed by atoms with Crippen LogP contribution >= 0.6 is 23.8 Å². The largest absolute Gasteiger partial charge is 0.331 e. The van der Waals surface area contributed by atoms with Crippen molar-refractivity contribution >= 4 is 45.7 Å². The first-order valence-electron chi connectivity index (χ1n) is 4.76. The molecule has 0 saturated heterocycles. The summed E-state index contributed by atoms with van der Waals surface area (Å²) in [7, 11) is -0.821. The van der Waals surface area contributed by atoms with E-state index in [9.17, 15) is 4.21 Å². The van der Waals surface area contributed by atoms with E-state index in [1.165, 1.54) is 0 Å². The Bertz CT molecular complexity index is 602. The third-order valence-corrected chi connectivity index (χ3v) is 3.65. The van der Waals surface area contributed by atoms with Crippen LogP contribution in [0.3, 0.4) is 0 Å². The van der Waals surface area contributed by atoms with Crippen LogP contribution in [0.1, 0.15) is 0 Å². The van der Waals surface area contributed by atoms with Gasteiger partial charge < -0.3 is 9.55 Å². The van der Waals surface area contributed by atoms with E-state index in [4.69, 9.17) is 23.8 Å². The van der Waals surface area contributed by atoms with Crippen LogP contribution in [-0.2, 0) is 17.3 Å². The average Bonchev–Trinajstić information content (AvgIpc) is 2.51. The molecule has 0 amide bonds. The summed E-state index contributed by atoms with van der Waals surface area (Å²) in [5, 5.41) is 0.674. The number of aromatic nitrogens is 2. The molecule has 0 radical (unpaired) electrons. The Morgan fingerprint density at radius 1 is 1.56 bits per heavy atom. The number of nitrogens with one attached hydrogen (secondary N) is 1. The third kappa shape index (κ3) is 2.36. The smallest absolute Gasteiger partial charge is 0.178 e. The van der Waals surface area contributed by atoms with Crippen molar-refractivity contribution in [1.82, 2.24) is 9.55 Å². The highest BCUT2D eigenvalue weighted by atomic mass is 35.5. The highest BCUT2D eigenvalue weighted by molar-refractivity contribution is 7.84. The fourth-order valence-electron chi connectivity index (χ4n) is 1.57. The predicted molar refractivity (Wildman–Crippen MR) is 71.1 cm³/mol. The average molecular weight is 275 g/mol. The van der Waals surface area contributed by atoms with Gasteiger partial charge in [0.25, 0.3) is 0 Å². The molecule has 1 aromatic carbocycles. The molecule has 1 aromatic heterocycles. The van der Waals surface area contributed by atoms with E-state index in [1.54, 1.807) is 6.26 Å². The second-order valence-electron chi connectivity index (χ2n) is 3.52. The molecule has 2 rings (SSSR count). The van der Waals surface area contributed by atoms with Crippen molar-refractivity contribution < 1.29 is 4.21 Å². The third-order valence-electron chi connectivity index (χ3n) is 2.34. The second-order valence-corrected chi connectivity index (χ2v) is 5.90. The molecule has 1 unspecified atom stereocenters. The van der Waals surface area contributed by atoms with Crippen molar-refractivity contribution in [2.24, 2.45) is 0 Å². The Hall–Kier alpha value is -0.650. The Kier molecular flexibility index (Phi) is 3.47. The zero-order valence-electron chi connectivity index (χ0n) is 8.70. The molecule has 0 bridgehead atoms. The SMILES string of the molecule is CS(=O)CCn1c(=S)[nH]c2ccc(Cl)cc21. The van der Waals surface area contributed by atoms with Gasteiger partial charge in [-0.2, -0.15) is 0 Å². The first-order valence-corrected chi connectivity index (χ1v) is 7.27. The van der Waals surface area contributed by atoms with Crippen molar-refractivity contribution in [3.05, 3.63) is 28.0 Å². The van der Waals surface area contributed by atoms with Crippen molar-refractivity contribution in [3.63, 3.8) is 0 Å². The van der Waals surface area contributed by atoms with Gasteiger partial charge in [0.2, 0.25) is 0 Å². The molecule has 0 saturated carbocycles. The Balaban J connectivity index is 2.50. The minimum atomic E-state index is -0.821. The minimum absolute atomic E-state index is 0.591. The maximum atomic E-state index is 11.1. The number of halogens is 1. The highest BCUT2D eigenvalue weighted by Gasteiger charge is 2.05. The zero-order chi connectivity index (χ0) is 11.7. The number of hydrogen-bond acceptors (Lipinski definition) is 2. The van der Waals surface area contributed by atoms with Crippen molar-refractivity contribution in [3.8, 4) is 0 Å².